The van der Waals surface area contributed by atoms with E-state index >= 15 is 0 Å². The summed E-state index contributed by atoms with van der Waals surface area (Å²) < 4.78 is 0. The molecule has 2 N–H and O–H groups in total. The van der Waals surface area contributed by atoms with Crippen LogP contribution in [-0.2, 0) is 9.59 Å². The van der Waals surface area contributed by atoms with E-state index in [1.54, 1.807) is 0 Å². The fourth-order valence-corrected chi connectivity index (χ4v) is 1.36. The van der Waals surface area contributed by atoms with Crippen LogP contribution in [0.25, 0.3) is 0 Å². The van der Waals surface area contributed by atoms with Crippen molar-refractivity contribution >= 4 is 11.9 Å². The zero-order chi connectivity index (χ0) is 11.8. The molecule has 1 amide bonds. The van der Waals surface area contributed by atoms with Crippen LogP contribution >= 0.6 is 0 Å². The van der Waals surface area contributed by atoms with Gasteiger partial charge in [0.05, 0.1) is 0 Å². The van der Waals surface area contributed by atoms with Gasteiger partial charge in [-0.15, -0.1) is 0 Å². The van der Waals surface area contributed by atoms with Gasteiger partial charge in [-0.05, 0) is 19.8 Å². The molecule has 0 heterocycles. The monoisotopic (exact) mass is 215 g/mol. The molecule has 0 aliphatic carbocycles. The second-order valence-electron chi connectivity index (χ2n) is 3.82. The van der Waals surface area contributed by atoms with E-state index in [1.807, 2.05) is 6.92 Å². The highest BCUT2D eigenvalue weighted by molar-refractivity contribution is 5.84. The highest BCUT2D eigenvalue weighted by Crippen LogP contribution is 2.12. The number of rotatable bonds is 7. The van der Waals surface area contributed by atoms with Crippen molar-refractivity contribution in [3.8, 4) is 0 Å². The average Bonchev–Trinajstić information content (AvgIpc) is 2.18. The van der Waals surface area contributed by atoms with Crippen LogP contribution in [0.2, 0.25) is 0 Å². The van der Waals surface area contributed by atoms with Crippen LogP contribution in [0, 0.1) is 5.92 Å². The Balaban J connectivity index is 4.09. The predicted octanol–water partition coefficient (Wildman–Crippen LogP) is 1.79. The van der Waals surface area contributed by atoms with Crippen molar-refractivity contribution in [2.45, 2.75) is 52.5 Å². The lowest BCUT2D eigenvalue weighted by atomic mass is 9.98. The van der Waals surface area contributed by atoms with Crippen molar-refractivity contribution < 1.29 is 14.7 Å². The largest absolute Gasteiger partial charge is 0.480 e. The van der Waals surface area contributed by atoms with E-state index in [0.29, 0.717) is 0 Å². The molecule has 2 atom stereocenters. The zero-order valence-electron chi connectivity index (χ0n) is 9.75. The molecule has 0 spiro atoms. The lowest BCUT2D eigenvalue weighted by Crippen LogP contribution is -2.41. The number of unbranched alkanes of at least 4 members (excludes halogenated alkanes) is 1. The van der Waals surface area contributed by atoms with E-state index in [2.05, 4.69) is 12.2 Å². The lowest BCUT2D eigenvalue weighted by molar-refractivity contribution is -0.142. The van der Waals surface area contributed by atoms with Gasteiger partial charge >= 0.3 is 5.97 Å². The molecule has 4 heteroatoms. The molecule has 0 aliphatic rings. The number of carboxylic acids is 1. The molecule has 0 radical (unpaired) electrons. The van der Waals surface area contributed by atoms with E-state index in [0.717, 1.165) is 25.7 Å². The number of carbonyl (C=O) groups excluding carboxylic acids is 1. The maximum Gasteiger partial charge on any atom is 0.325 e. The van der Waals surface area contributed by atoms with Crippen molar-refractivity contribution in [2.75, 3.05) is 0 Å². The van der Waals surface area contributed by atoms with Crippen LogP contribution in [0.1, 0.15) is 46.5 Å². The smallest absolute Gasteiger partial charge is 0.325 e. The van der Waals surface area contributed by atoms with Crippen molar-refractivity contribution in [3.05, 3.63) is 0 Å². The quantitative estimate of drug-likeness (QED) is 0.680. The van der Waals surface area contributed by atoms with Gasteiger partial charge in [0.2, 0.25) is 5.91 Å². The second-order valence-corrected chi connectivity index (χ2v) is 3.82. The highest BCUT2D eigenvalue weighted by atomic mass is 16.4. The molecule has 0 aromatic carbocycles. The predicted molar refractivity (Wildman–Crippen MR) is 58.5 cm³/mol. The molecular formula is C11H21NO3. The van der Waals surface area contributed by atoms with Gasteiger partial charge in [0.15, 0.2) is 0 Å². The van der Waals surface area contributed by atoms with Gasteiger partial charge in [0.1, 0.15) is 6.04 Å². The Labute approximate surface area is 91.1 Å². The van der Waals surface area contributed by atoms with E-state index in [-0.39, 0.29) is 11.8 Å². The molecule has 15 heavy (non-hydrogen) atoms. The Bertz CT molecular complexity index is 216. The Kier molecular flexibility index (Phi) is 6.75. The summed E-state index contributed by atoms with van der Waals surface area (Å²) in [6.07, 6.45) is 3.66. The Hall–Kier alpha value is -1.06. The molecule has 0 aromatic heterocycles. The van der Waals surface area contributed by atoms with Crippen LogP contribution < -0.4 is 5.32 Å². The third-order valence-corrected chi connectivity index (χ3v) is 2.50. The number of aliphatic carboxylic acids is 1. The first kappa shape index (κ1) is 13.9. The lowest BCUT2D eigenvalue weighted by Gasteiger charge is -2.16. The summed E-state index contributed by atoms with van der Waals surface area (Å²) in [6, 6.07) is -0.798. The molecule has 0 saturated heterocycles. The third-order valence-electron chi connectivity index (χ3n) is 2.50. The summed E-state index contributed by atoms with van der Waals surface area (Å²) in [5.41, 5.74) is 0. The fraction of sp³-hybridized carbons (Fsp3) is 0.818. The summed E-state index contributed by atoms with van der Waals surface area (Å²) in [4.78, 5) is 22.2. The minimum Gasteiger partial charge on any atom is -0.480 e. The summed E-state index contributed by atoms with van der Waals surface area (Å²) in [5, 5.41) is 11.1. The SMILES string of the molecule is CCCCC(CC)C(=O)NC(C)C(=O)O. The molecule has 2 unspecified atom stereocenters. The summed E-state index contributed by atoms with van der Waals surface area (Å²) in [7, 11) is 0. The van der Waals surface area contributed by atoms with Crippen LogP contribution in [0.5, 0.6) is 0 Å². The first-order chi connectivity index (χ1) is 7.02. The van der Waals surface area contributed by atoms with E-state index < -0.39 is 12.0 Å². The number of hydrogen-bond donors (Lipinski definition) is 2. The fourth-order valence-electron chi connectivity index (χ4n) is 1.36. The minimum absolute atomic E-state index is 0.0493. The molecule has 4 nitrogen and oxygen atoms in total. The van der Waals surface area contributed by atoms with Crippen LogP contribution in [0.3, 0.4) is 0 Å². The number of carbonyl (C=O) groups is 2. The van der Waals surface area contributed by atoms with Gasteiger partial charge in [0.25, 0.3) is 0 Å². The average molecular weight is 215 g/mol. The highest BCUT2D eigenvalue weighted by Gasteiger charge is 2.20. The summed E-state index contributed by atoms with van der Waals surface area (Å²) >= 11 is 0. The molecular weight excluding hydrogens is 194 g/mol. The molecule has 0 fully saturated rings. The molecule has 0 aliphatic heterocycles. The van der Waals surface area contributed by atoms with Crippen molar-refractivity contribution in [1.29, 1.82) is 0 Å². The van der Waals surface area contributed by atoms with Gasteiger partial charge in [-0.3, -0.25) is 9.59 Å². The van der Waals surface area contributed by atoms with Crippen molar-refractivity contribution in [1.82, 2.24) is 5.32 Å². The van der Waals surface area contributed by atoms with E-state index in [9.17, 15) is 9.59 Å². The molecule has 0 rings (SSSR count). The number of hydrogen-bond acceptors (Lipinski definition) is 2. The van der Waals surface area contributed by atoms with E-state index in [1.165, 1.54) is 6.92 Å². The van der Waals surface area contributed by atoms with Gasteiger partial charge in [-0.1, -0.05) is 26.7 Å². The first-order valence-electron chi connectivity index (χ1n) is 5.56. The molecule has 0 aromatic rings. The van der Waals surface area contributed by atoms with Crippen molar-refractivity contribution in [3.63, 3.8) is 0 Å². The third kappa shape index (κ3) is 5.40. The summed E-state index contributed by atoms with van der Waals surface area (Å²) in [5.74, 6) is -1.18. The molecule has 88 valence electrons. The maximum absolute atomic E-state index is 11.6. The normalized spacial score (nSPS) is 14.3. The van der Waals surface area contributed by atoms with Crippen molar-refractivity contribution in [2.24, 2.45) is 5.92 Å². The number of carboxylic acid groups (broad SMARTS) is 1. The number of amides is 1. The minimum atomic E-state index is -0.992. The second kappa shape index (κ2) is 7.26. The van der Waals surface area contributed by atoms with Gasteiger partial charge in [-0.25, -0.2) is 0 Å². The Morgan fingerprint density at radius 2 is 1.93 bits per heavy atom. The van der Waals surface area contributed by atoms with Gasteiger partial charge < -0.3 is 10.4 Å². The van der Waals surface area contributed by atoms with Crippen LogP contribution in [0.15, 0.2) is 0 Å². The van der Waals surface area contributed by atoms with Gasteiger partial charge in [-0.2, -0.15) is 0 Å². The summed E-state index contributed by atoms with van der Waals surface area (Å²) in [6.45, 7) is 5.50. The zero-order valence-corrected chi connectivity index (χ0v) is 9.75. The maximum atomic E-state index is 11.6. The first-order valence-corrected chi connectivity index (χ1v) is 5.56. The number of nitrogens with one attached hydrogen (secondary N) is 1. The molecule has 0 bridgehead atoms. The standard InChI is InChI=1S/C11H21NO3/c1-4-6-7-9(5-2)10(13)12-8(3)11(14)15/h8-9H,4-7H2,1-3H3,(H,12,13)(H,14,15). The van der Waals surface area contributed by atoms with Crippen LogP contribution in [-0.4, -0.2) is 23.0 Å². The van der Waals surface area contributed by atoms with Gasteiger partial charge in [0, 0.05) is 5.92 Å². The molecule has 0 saturated carbocycles. The van der Waals surface area contributed by atoms with Crippen LogP contribution in [0.4, 0.5) is 0 Å². The Morgan fingerprint density at radius 3 is 2.33 bits per heavy atom. The van der Waals surface area contributed by atoms with E-state index in [4.69, 9.17) is 5.11 Å². The topological polar surface area (TPSA) is 66.4 Å². The Morgan fingerprint density at radius 1 is 1.33 bits per heavy atom.